The number of hydrogen-bond donors (Lipinski definition) is 0. The van der Waals surface area contributed by atoms with Crippen molar-refractivity contribution in [2.24, 2.45) is 0 Å². The molecular weight excluding hydrogens is 195 g/mol. The maximum absolute atomic E-state index is 2.29. The Hall–Kier alpha value is 0.532. The standard InChI is InChI=1S/C14H30.Al.3H/c1-3-5-7-9-11-13-14-12-10-8-6-4-2;;;;/h3-14H2,1-2H3;;;;. The molecule has 0 heterocycles. The molecule has 0 nitrogen and oxygen atoms in total. The van der Waals surface area contributed by atoms with Crippen molar-refractivity contribution in [2.45, 2.75) is 90.9 Å². The van der Waals surface area contributed by atoms with Crippen molar-refractivity contribution >= 4 is 17.4 Å². The van der Waals surface area contributed by atoms with Crippen LogP contribution in [0.4, 0.5) is 0 Å². The van der Waals surface area contributed by atoms with Crippen molar-refractivity contribution in [2.75, 3.05) is 0 Å². The zero-order valence-corrected chi connectivity index (χ0v) is 10.5. The van der Waals surface area contributed by atoms with Crippen LogP contribution in [-0.4, -0.2) is 17.4 Å². The largest absolute Gasteiger partial charge is 0.187 e. The van der Waals surface area contributed by atoms with Crippen molar-refractivity contribution in [3.8, 4) is 0 Å². The van der Waals surface area contributed by atoms with Gasteiger partial charge in [-0.15, -0.1) is 0 Å². The smallest absolute Gasteiger partial charge is 0.0654 e. The minimum absolute atomic E-state index is 0. The predicted molar refractivity (Wildman–Crippen MR) is 76.7 cm³/mol. The summed E-state index contributed by atoms with van der Waals surface area (Å²) in [4.78, 5) is 0. The van der Waals surface area contributed by atoms with Gasteiger partial charge in [-0.25, -0.2) is 0 Å². The molecular formula is C14H33Al. The van der Waals surface area contributed by atoms with E-state index < -0.39 is 0 Å². The number of hydrogen-bond acceptors (Lipinski definition) is 0. The lowest BCUT2D eigenvalue weighted by Crippen LogP contribution is -1.81. The molecule has 92 valence electrons. The second-order valence-electron chi connectivity index (χ2n) is 4.54. The molecule has 0 fully saturated rings. The average Bonchev–Trinajstić information content (AvgIpc) is 2.21. The van der Waals surface area contributed by atoms with Gasteiger partial charge in [-0.2, -0.15) is 0 Å². The average molecular weight is 228 g/mol. The highest BCUT2D eigenvalue weighted by Gasteiger charge is 1.91. The van der Waals surface area contributed by atoms with E-state index in [9.17, 15) is 0 Å². The third-order valence-corrected chi connectivity index (χ3v) is 2.96. The van der Waals surface area contributed by atoms with Crippen LogP contribution in [0, 0.1) is 0 Å². The quantitative estimate of drug-likeness (QED) is 0.360. The summed E-state index contributed by atoms with van der Waals surface area (Å²) in [7, 11) is 0. The molecule has 0 aliphatic heterocycles. The summed E-state index contributed by atoms with van der Waals surface area (Å²) in [5.41, 5.74) is 0. The third-order valence-electron chi connectivity index (χ3n) is 2.96. The zero-order valence-electron chi connectivity index (χ0n) is 10.5. The Morgan fingerprint density at radius 2 is 0.600 bits per heavy atom. The van der Waals surface area contributed by atoms with Crippen LogP contribution in [0.15, 0.2) is 0 Å². The number of rotatable bonds is 11. The molecule has 0 rings (SSSR count). The fraction of sp³-hybridized carbons (Fsp3) is 1.00. The van der Waals surface area contributed by atoms with E-state index in [0.29, 0.717) is 0 Å². The lowest BCUT2D eigenvalue weighted by Gasteiger charge is -2.01. The molecule has 0 aliphatic carbocycles. The first kappa shape index (κ1) is 17.9. The van der Waals surface area contributed by atoms with Gasteiger partial charge < -0.3 is 0 Å². The molecule has 0 saturated heterocycles. The Balaban J connectivity index is 0. The van der Waals surface area contributed by atoms with Gasteiger partial charge in [-0.05, 0) is 0 Å². The molecule has 1 heteroatoms. The van der Waals surface area contributed by atoms with Crippen molar-refractivity contribution in [3.63, 3.8) is 0 Å². The van der Waals surface area contributed by atoms with Gasteiger partial charge in [0, 0.05) is 0 Å². The summed E-state index contributed by atoms with van der Waals surface area (Å²) in [5, 5.41) is 0. The molecule has 0 radical (unpaired) electrons. The molecule has 0 unspecified atom stereocenters. The predicted octanol–water partition coefficient (Wildman–Crippen LogP) is 4.52. The molecule has 0 amide bonds. The Morgan fingerprint density at radius 1 is 0.400 bits per heavy atom. The molecule has 0 aromatic carbocycles. The topological polar surface area (TPSA) is 0 Å². The first-order valence-electron chi connectivity index (χ1n) is 6.91. The van der Waals surface area contributed by atoms with Crippen LogP contribution < -0.4 is 0 Å². The van der Waals surface area contributed by atoms with Crippen LogP contribution in [-0.2, 0) is 0 Å². The highest BCUT2D eigenvalue weighted by molar-refractivity contribution is 5.75. The highest BCUT2D eigenvalue weighted by atomic mass is 27.0. The Labute approximate surface area is 108 Å². The fourth-order valence-electron chi connectivity index (χ4n) is 1.91. The molecule has 0 atom stereocenters. The van der Waals surface area contributed by atoms with Crippen LogP contribution in [0.2, 0.25) is 0 Å². The second-order valence-corrected chi connectivity index (χ2v) is 4.54. The molecule has 0 saturated carbocycles. The minimum atomic E-state index is 0. The maximum Gasteiger partial charge on any atom is 0.187 e. The Morgan fingerprint density at radius 3 is 0.800 bits per heavy atom. The van der Waals surface area contributed by atoms with E-state index >= 15 is 0 Å². The fourth-order valence-corrected chi connectivity index (χ4v) is 1.91. The molecule has 0 aromatic rings. The summed E-state index contributed by atoms with van der Waals surface area (Å²) in [5.74, 6) is 0. The number of unbranched alkanes of at least 4 members (excludes halogenated alkanes) is 11. The summed E-state index contributed by atoms with van der Waals surface area (Å²) >= 11 is 0. The second kappa shape index (κ2) is 16.9. The SMILES string of the molecule is CCCCCCCCCCCCCC.[AlH3]. The zero-order chi connectivity index (χ0) is 10.5. The van der Waals surface area contributed by atoms with E-state index in [-0.39, 0.29) is 17.4 Å². The van der Waals surface area contributed by atoms with Gasteiger partial charge >= 0.3 is 0 Å². The maximum atomic E-state index is 2.29. The minimum Gasteiger partial charge on any atom is -0.0654 e. The van der Waals surface area contributed by atoms with Gasteiger partial charge in [-0.1, -0.05) is 90.9 Å². The van der Waals surface area contributed by atoms with Crippen LogP contribution in [0.3, 0.4) is 0 Å². The van der Waals surface area contributed by atoms with E-state index in [2.05, 4.69) is 13.8 Å². The summed E-state index contributed by atoms with van der Waals surface area (Å²) in [6.45, 7) is 4.57. The Kier molecular flexibility index (Phi) is 20.2. The van der Waals surface area contributed by atoms with Gasteiger partial charge in [0.05, 0.1) is 0 Å². The molecule has 0 spiro atoms. The van der Waals surface area contributed by atoms with Crippen LogP contribution in [0.5, 0.6) is 0 Å². The van der Waals surface area contributed by atoms with E-state index in [0.717, 1.165) is 0 Å². The first-order valence-corrected chi connectivity index (χ1v) is 6.91. The lowest BCUT2D eigenvalue weighted by atomic mass is 10.1. The van der Waals surface area contributed by atoms with Gasteiger partial charge in [0.2, 0.25) is 0 Å². The van der Waals surface area contributed by atoms with E-state index in [1.54, 1.807) is 0 Å². The molecule has 15 heavy (non-hydrogen) atoms. The molecule has 0 bridgehead atoms. The van der Waals surface area contributed by atoms with Crippen molar-refractivity contribution in [3.05, 3.63) is 0 Å². The lowest BCUT2D eigenvalue weighted by molar-refractivity contribution is 0.548. The summed E-state index contributed by atoms with van der Waals surface area (Å²) < 4.78 is 0. The Bertz CT molecular complexity index is 79.3. The molecule has 0 aliphatic rings. The van der Waals surface area contributed by atoms with Gasteiger partial charge in [0.25, 0.3) is 0 Å². The summed E-state index contributed by atoms with van der Waals surface area (Å²) in [6, 6.07) is 0. The van der Waals surface area contributed by atoms with Crippen molar-refractivity contribution in [1.82, 2.24) is 0 Å². The van der Waals surface area contributed by atoms with Crippen molar-refractivity contribution < 1.29 is 0 Å². The van der Waals surface area contributed by atoms with Crippen LogP contribution in [0.25, 0.3) is 0 Å². The van der Waals surface area contributed by atoms with Gasteiger partial charge in [0.1, 0.15) is 0 Å². The molecule has 0 N–H and O–H groups in total. The van der Waals surface area contributed by atoms with Crippen molar-refractivity contribution in [1.29, 1.82) is 0 Å². The summed E-state index contributed by atoms with van der Waals surface area (Å²) in [6.07, 6.45) is 17.4. The normalized spacial score (nSPS) is 10.0. The van der Waals surface area contributed by atoms with Crippen LogP contribution >= 0.6 is 0 Å². The molecule has 0 aromatic heterocycles. The first-order chi connectivity index (χ1) is 6.91. The van der Waals surface area contributed by atoms with Crippen LogP contribution in [0.1, 0.15) is 90.9 Å². The van der Waals surface area contributed by atoms with E-state index in [1.807, 2.05) is 0 Å². The third kappa shape index (κ3) is 17.2. The van der Waals surface area contributed by atoms with Gasteiger partial charge in [0.15, 0.2) is 17.4 Å². The monoisotopic (exact) mass is 228 g/mol. The van der Waals surface area contributed by atoms with Gasteiger partial charge in [-0.3, -0.25) is 0 Å². The van der Waals surface area contributed by atoms with E-state index in [1.165, 1.54) is 77.0 Å². The van der Waals surface area contributed by atoms with E-state index in [4.69, 9.17) is 0 Å². The highest BCUT2D eigenvalue weighted by Crippen LogP contribution is 2.11.